The molecule has 0 spiro atoms. The lowest BCUT2D eigenvalue weighted by molar-refractivity contribution is -0.131. The Labute approximate surface area is 150 Å². The molecule has 3 rings (SSSR count). The molecule has 0 bridgehead atoms. The maximum absolute atomic E-state index is 12.1. The van der Waals surface area contributed by atoms with E-state index < -0.39 is 6.09 Å². The van der Waals surface area contributed by atoms with Crippen molar-refractivity contribution < 1.29 is 14.7 Å². The normalized spacial score (nSPS) is 20.0. The van der Waals surface area contributed by atoms with Gasteiger partial charge in [0.25, 0.3) is 0 Å². The van der Waals surface area contributed by atoms with E-state index in [2.05, 4.69) is 16.9 Å². The van der Waals surface area contributed by atoms with Crippen LogP contribution in [0.2, 0.25) is 0 Å². The minimum atomic E-state index is -1.10. The van der Waals surface area contributed by atoms with E-state index in [0.717, 1.165) is 11.0 Å². The van der Waals surface area contributed by atoms with Crippen LogP contribution in [0.3, 0.4) is 0 Å². The number of fused-ring (bicyclic) bond motifs is 1. The smallest absolute Gasteiger partial charge is 0.417 e. The summed E-state index contributed by atoms with van der Waals surface area (Å²) in [6, 6.07) is 3.53. The number of carboxylic acid groups (broad SMARTS) is 1. The Kier molecular flexibility index (Phi) is 4.75. The van der Waals surface area contributed by atoms with E-state index in [4.69, 9.17) is 5.26 Å². The fraction of sp³-hybridized carbons (Fsp3) is 0.471. The fourth-order valence-corrected chi connectivity index (χ4v) is 3.34. The van der Waals surface area contributed by atoms with Gasteiger partial charge in [-0.1, -0.05) is 6.92 Å². The number of carbonyl (C=O) groups is 2. The van der Waals surface area contributed by atoms with Crippen molar-refractivity contribution >= 4 is 29.0 Å². The molecule has 0 aromatic carbocycles. The van der Waals surface area contributed by atoms with Crippen molar-refractivity contribution in [2.24, 2.45) is 5.92 Å². The van der Waals surface area contributed by atoms with Crippen LogP contribution in [0.5, 0.6) is 0 Å². The SMILES string of the molecule is C[C@@H]1CCN(C(=O)CC#N)C[C@@H]1N(C)c1ncc2ccn(C(=O)O)c2n1. The zero-order chi connectivity index (χ0) is 18.8. The van der Waals surface area contributed by atoms with Crippen LogP contribution in [-0.4, -0.2) is 62.7 Å². The van der Waals surface area contributed by atoms with Gasteiger partial charge < -0.3 is 14.9 Å². The number of hydrogen-bond donors (Lipinski definition) is 1. The second-order valence-corrected chi connectivity index (χ2v) is 6.54. The minimum Gasteiger partial charge on any atom is -0.464 e. The summed E-state index contributed by atoms with van der Waals surface area (Å²) in [6.07, 6.45) is 2.63. The van der Waals surface area contributed by atoms with E-state index in [0.29, 0.717) is 36.0 Å². The molecule has 1 aliphatic rings. The molecule has 1 aliphatic heterocycles. The average Bonchev–Trinajstić information content (AvgIpc) is 3.05. The standard InChI is InChI=1S/C17H20N6O3/c1-11-4-7-22(14(24)3-6-18)10-13(11)21(2)16-19-9-12-5-8-23(17(25)26)15(12)20-16/h5,8-9,11,13H,3-4,7,10H2,1-2H3,(H,25,26)/t11-,13+/m1/s1. The molecule has 0 aliphatic carbocycles. The number of hydrogen-bond acceptors (Lipinski definition) is 6. The van der Waals surface area contributed by atoms with Crippen LogP contribution in [0, 0.1) is 17.2 Å². The van der Waals surface area contributed by atoms with Crippen LogP contribution in [0.1, 0.15) is 19.8 Å². The molecule has 26 heavy (non-hydrogen) atoms. The molecule has 2 aromatic heterocycles. The molecule has 1 fully saturated rings. The second kappa shape index (κ2) is 7.00. The predicted octanol–water partition coefficient (Wildman–Crippen LogP) is 1.54. The molecular weight excluding hydrogens is 336 g/mol. The monoisotopic (exact) mass is 356 g/mol. The van der Waals surface area contributed by atoms with E-state index >= 15 is 0 Å². The molecule has 0 radical (unpaired) electrons. The van der Waals surface area contributed by atoms with Gasteiger partial charge in [-0.15, -0.1) is 0 Å². The lowest BCUT2D eigenvalue weighted by Crippen LogP contribution is -2.53. The molecule has 1 saturated heterocycles. The Morgan fingerprint density at radius 3 is 2.96 bits per heavy atom. The zero-order valence-corrected chi connectivity index (χ0v) is 14.7. The number of likely N-dealkylation sites (N-methyl/N-ethyl adjacent to an activating group) is 1. The predicted molar refractivity (Wildman–Crippen MR) is 93.7 cm³/mol. The molecular formula is C17H20N6O3. The highest BCUT2D eigenvalue weighted by Gasteiger charge is 2.32. The topological polar surface area (TPSA) is 115 Å². The third-order valence-corrected chi connectivity index (χ3v) is 4.94. The Bertz CT molecular complexity index is 886. The van der Waals surface area contributed by atoms with Gasteiger partial charge in [0.1, 0.15) is 6.42 Å². The van der Waals surface area contributed by atoms with Crippen LogP contribution < -0.4 is 4.90 Å². The number of rotatable bonds is 3. The highest BCUT2D eigenvalue weighted by molar-refractivity contribution is 5.86. The number of amides is 1. The first-order chi connectivity index (χ1) is 12.4. The van der Waals surface area contributed by atoms with Gasteiger partial charge in [-0.25, -0.2) is 14.3 Å². The van der Waals surface area contributed by atoms with Crippen molar-refractivity contribution in [1.29, 1.82) is 5.26 Å². The van der Waals surface area contributed by atoms with Gasteiger partial charge in [-0.05, 0) is 18.4 Å². The minimum absolute atomic E-state index is 0.0166. The second-order valence-electron chi connectivity index (χ2n) is 6.54. The summed E-state index contributed by atoms with van der Waals surface area (Å²) >= 11 is 0. The van der Waals surface area contributed by atoms with Gasteiger partial charge in [0, 0.05) is 37.9 Å². The van der Waals surface area contributed by atoms with Crippen molar-refractivity contribution in [1.82, 2.24) is 19.4 Å². The summed E-state index contributed by atoms with van der Waals surface area (Å²) in [5.74, 6) is 0.538. The number of piperidine rings is 1. The number of carbonyl (C=O) groups excluding carboxylic acids is 1. The van der Waals surface area contributed by atoms with E-state index in [1.54, 1.807) is 17.2 Å². The molecule has 1 amide bonds. The van der Waals surface area contributed by atoms with Crippen molar-refractivity contribution in [2.45, 2.75) is 25.8 Å². The fourth-order valence-electron chi connectivity index (χ4n) is 3.34. The third kappa shape index (κ3) is 3.18. The summed E-state index contributed by atoms with van der Waals surface area (Å²) in [5, 5.41) is 18.6. The first-order valence-electron chi connectivity index (χ1n) is 8.37. The lowest BCUT2D eigenvalue weighted by atomic mass is 9.92. The molecule has 9 nitrogen and oxygen atoms in total. The Morgan fingerprint density at radius 1 is 1.50 bits per heavy atom. The molecule has 2 atom stereocenters. The van der Waals surface area contributed by atoms with E-state index in [1.165, 1.54) is 6.20 Å². The van der Waals surface area contributed by atoms with Crippen molar-refractivity contribution in [3.05, 3.63) is 18.5 Å². The highest BCUT2D eigenvalue weighted by atomic mass is 16.4. The quantitative estimate of drug-likeness (QED) is 0.887. The summed E-state index contributed by atoms with van der Waals surface area (Å²) < 4.78 is 1.06. The van der Waals surface area contributed by atoms with Crippen molar-refractivity contribution in [3.63, 3.8) is 0 Å². The highest BCUT2D eigenvalue weighted by Crippen LogP contribution is 2.25. The summed E-state index contributed by atoms with van der Waals surface area (Å²) in [5.41, 5.74) is 0.329. The van der Waals surface area contributed by atoms with Crippen LogP contribution in [0.4, 0.5) is 10.7 Å². The van der Waals surface area contributed by atoms with Gasteiger partial charge in [-0.2, -0.15) is 10.2 Å². The van der Waals surface area contributed by atoms with Gasteiger partial charge in [0.15, 0.2) is 5.65 Å². The number of nitriles is 1. The molecule has 9 heteroatoms. The first-order valence-corrected chi connectivity index (χ1v) is 8.37. The molecule has 1 N–H and O–H groups in total. The number of nitrogens with zero attached hydrogens (tertiary/aromatic N) is 6. The van der Waals surface area contributed by atoms with E-state index in [-0.39, 0.29) is 18.4 Å². The van der Waals surface area contributed by atoms with Gasteiger partial charge in [0.05, 0.1) is 12.1 Å². The van der Waals surface area contributed by atoms with Gasteiger partial charge >= 0.3 is 6.09 Å². The lowest BCUT2D eigenvalue weighted by Gasteiger charge is -2.41. The maximum atomic E-state index is 12.1. The molecule has 2 aromatic rings. The van der Waals surface area contributed by atoms with Gasteiger partial charge in [-0.3, -0.25) is 4.79 Å². The van der Waals surface area contributed by atoms with Crippen molar-refractivity contribution in [3.8, 4) is 6.07 Å². The molecule has 0 saturated carbocycles. The van der Waals surface area contributed by atoms with Crippen LogP contribution in [0.15, 0.2) is 18.5 Å². The van der Waals surface area contributed by atoms with Crippen LogP contribution >= 0.6 is 0 Å². The van der Waals surface area contributed by atoms with Gasteiger partial charge in [0.2, 0.25) is 11.9 Å². The summed E-state index contributed by atoms with van der Waals surface area (Å²) in [4.78, 5) is 35.7. The number of aromatic nitrogens is 3. The molecule has 0 unspecified atom stereocenters. The average molecular weight is 356 g/mol. The summed E-state index contributed by atoms with van der Waals surface area (Å²) in [7, 11) is 1.84. The summed E-state index contributed by atoms with van der Waals surface area (Å²) in [6.45, 7) is 3.22. The zero-order valence-electron chi connectivity index (χ0n) is 14.7. The first kappa shape index (κ1) is 17.7. The maximum Gasteiger partial charge on any atom is 0.417 e. The molecule has 136 valence electrons. The Morgan fingerprint density at radius 2 is 2.27 bits per heavy atom. The largest absolute Gasteiger partial charge is 0.464 e. The van der Waals surface area contributed by atoms with Crippen LogP contribution in [0.25, 0.3) is 11.0 Å². The molecule has 3 heterocycles. The van der Waals surface area contributed by atoms with Crippen LogP contribution in [-0.2, 0) is 4.79 Å². The van der Waals surface area contributed by atoms with Crippen molar-refractivity contribution in [2.75, 3.05) is 25.0 Å². The third-order valence-electron chi connectivity index (χ3n) is 4.94. The van der Waals surface area contributed by atoms with E-state index in [9.17, 15) is 14.7 Å². The van der Waals surface area contributed by atoms with E-state index in [1.807, 2.05) is 18.0 Å². The number of anilines is 1. The number of likely N-dealkylation sites (tertiary alicyclic amines) is 1. The Balaban J connectivity index is 1.87. The Hall–Kier alpha value is -3.15.